The van der Waals surface area contributed by atoms with Gasteiger partial charge >= 0.3 is 0 Å². The molecule has 0 spiro atoms. The normalized spacial score (nSPS) is 18.0. The largest absolute Gasteiger partial charge is 0.366 e. The Labute approximate surface area is 133 Å². The highest BCUT2D eigenvalue weighted by molar-refractivity contribution is 6.08. The maximum Gasteiger partial charge on any atom is 0.251 e. The van der Waals surface area contributed by atoms with E-state index in [1.54, 1.807) is 18.3 Å². The second-order valence-electron chi connectivity index (χ2n) is 5.78. The fourth-order valence-electron chi connectivity index (χ4n) is 2.75. The molecular formula is C17H16FN3O2. The Bertz CT molecular complexity index is 742. The number of carbonyl (C=O) groups excluding carboxylic acids is 2. The summed E-state index contributed by atoms with van der Waals surface area (Å²) < 4.78 is 13.1. The molecular weight excluding hydrogens is 297 g/mol. The molecule has 2 aliphatic rings. The van der Waals surface area contributed by atoms with Gasteiger partial charge in [0.05, 0.1) is 23.0 Å². The average Bonchev–Trinajstić information content (AvgIpc) is 2.50. The van der Waals surface area contributed by atoms with Gasteiger partial charge in [0.1, 0.15) is 11.8 Å². The smallest absolute Gasteiger partial charge is 0.251 e. The number of allylic oxidation sites excluding steroid dienone is 1. The highest BCUT2D eigenvalue weighted by Gasteiger charge is 2.27. The SMILES string of the molecule is NC(=O)C1=CN(CC2CCC2)C=C(c2ccc(F)cn2)C1=C=O. The van der Waals surface area contributed by atoms with Crippen LogP contribution in [-0.4, -0.2) is 28.3 Å². The van der Waals surface area contributed by atoms with Crippen LogP contribution in [0.2, 0.25) is 0 Å². The lowest BCUT2D eigenvalue weighted by Gasteiger charge is -2.32. The zero-order valence-corrected chi connectivity index (χ0v) is 12.5. The standard InChI is InChI=1S/C17H16FN3O2/c18-12-4-5-16(20-6-12)13-8-21(7-11-2-1-3-11)9-14(17(19)23)15(13)10-22/h4-6,8-9,11H,1-3,7H2,(H2,19,23). The third-order valence-corrected chi connectivity index (χ3v) is 4.19. The molecule has 1 aromatic rings. The minimum Gasteiger partial charge on any atom is -0.366 e. The molecule has 1 saturated carbocycles. The summed E-state index contributed by atoms with van der Waals surface area (Å²) in [5, 5.41) is 0. The van der Waals surface area contributed by atoms with Crippen molar-refractivity contribution in [1.29, 1.82) is 0 Å². The quantitative estimate of drug-likeness (QED) is 0.860. The number of hydrogen-bond donors (Lipinski definition) is 1. The number of pyridine rings is 1. The summed E-state index contributed by atoms with van der Waals surface area (Å²) in [6, 6.07) is 2.72. The maximum atomic E-state index is 13.1. The molecule has 118 valence electrons. The van der Waals surface area contributed by atoms with Crippen LogP contribution < -0.4 is 5.73 Å². The topological polar surface area (TPSA) is 76.3 Å². The molecule has 0 bridgehead atoms. The summed E-state index contributed by atoms with van der Waals surface area (Å²) in [5.41, 5.74) is 6.38. The zero-order chi connectivity index (χ0) is 16.4. The first-order chi connectivity index (χ1) is 11.1. The highest BCUT2D eigenvalue weighted by atomic mass is 19.1. The molecule has 0 unspecified atom stereocenters. The molecule has 0 atom stereocenters. The van der Waals surface area contributed by atoms with Crippen LogP contribution >= 0.6 is 0 Å². The first-order valence-electron chi connectivity index (χ1n) is 7.45. The van der Waals surface area contributed by atoms with E-state index in [9.17, 15) is 14.0 Å². The van der Waals surface area contributed by atoms with E-state index in [-0.39, 0.29) is 11.1 Å². The van der Waals surface area contributed by atoms with Crippen molar-refractivity contribution in [2.45, 2.75) is 19.3 Å². The number of nitrogens with two attached hydrogens (primary N) is 1. The second kappa shape index (κ2) is 6.18. The zero-order valence-electron chi connectivity index (χ0n) is 12.5. The Hall–Kier alpha value is -2.72. The Morgan fingerprint density at radius 3 is 2.70 bits per heavy atom. The molecule has 3 rings (SSSR count). The van der Waals surface area contributed by atoms with Crippen molar-refractivity contribution < 1.29 is 14.0 Å². The van der Waals surface area contributed by atoms with Gasteiger partial charge in [-0.25, -0.2) is 9.18 Å². The average molecular weight is 313 g/mol. The highest BCUT2D eigenvalue weighted by Crippen LogP contribution is 2.33. The van der Waals surface area contributed by atoms with Crippen LogP contribution in [0.25, 0.3) is 5.57 Å². The molecule has 1 fully saturated rings. The van der Waals surface area contributed by atoms with Gasteiger partial charge in [-0.1, -0.05) is 6.42 Å². The predicted molar refractivity (Wildman–Crippen MR) is 82.7 cm³/mol. The molecule has 5 nitrogen and oxygen atoms in total. The summed E-state index contributed by atoms with van der Waals surface area (Å²) in [7, 11) is 0. The molecule has 2 heterocycles. The lowest BCUT2D eigenvalue weighted by Crippen LogP contribution is -2.30. The van der Waals surface area contributed by atoms with Crippen LogP contribution in [0.4, 0.5) is 4.39 Å². The number of rotatable bonds is 4. The summed E-state index contributed by atoms with van der Waals surface area (Å²) >= 11 is 0. The van der Waals surface area contributed by atoms with E-state index in [1.807, 2.05) is 4.90 Å². The van der Waals surface area contributed by atoms with E-state index in [1.165, 1.54) is 18.6 Å². The molecule has 2 N–H and O–H groups in total. The molecule has 0 aromatic carbocycles. The third-order valence-electron chi connectivity index (χ3n) is 4.19. The second-order valence-corrected chi connectivity index (χ2v) is 5.78. The fraction of sp³-hybridized carbons (Fsp3) is 0.294. The summed E-state index contributed by atoms with van der Waals surface area (Å²) in [5.74, 6) is 1.15. The van der Waals surface area contributed by atoms with Crippen LogP contribution in [0.3, 0.4) is 0 Å². The van der Waals surface area contributed by atoms with E-state index in [4.69, 9.17) is 5.73 Å². The summed E-state index contributed by atoms with van der Waals surface area (Å²) in [4.78, 5) is 28.9. The van der Waals surface area contributed by atoms with Crippen molar-refractivity contribution in [3.63, 3.8) is 0 Å². The molecule has 1 aliphatic carbocycles. The monoisotopic (exact) mass is 313 g/mol. The lowest BCUT2D eigenvalue weighted by atomic mass is 9.84. The predicted octanol–water partition coefficient (Wildman–Crippen LogP) is 1.80. The Morgan fingerprint density at radius 1 is 1.39 bits per heavy atom. The number of primary amides is 1. The maximum absolute atomic E-state index is 13.1. The Kier molecular flexibility index (Phi) is 4.08. The van der Waals surface area contributed by atoms with Gasteiger partial charge in [0.15, 0.2) is 0 Å². The summed E-state index contributed by atoms with van der Waals surface area (Å²) in [6.45, 7) is 0.744. The van der Waals surface area contributed by atoms with Gasteiger partial charge in [0.25, 0.3) is 5.91 Å². The van der Waals surface area contributed by atoms with Crippen molar-refractivity contribution in [1.82, 2.24) is 9.88 Å². The van der Waals surface area contributed by atoms with Crippen LogP contribution in [0.1, 0.15) is 25.0 Å². The van der Waals surface area contributed by atoms with Crippen molar-refractivity contribution in [2.24, 2.45) is 11.7 Å². The van der Waals surface area contributed by atoms with E-state index in [0.717, 1.165) is 25.6 Å². The van der Waals surface area contributed by atoms with Crippen molar-refractivity contribution >= 4 is 17.4 Å². The van der Waals surface area contributed by atoms with Crippen LogP contribution in [0.15, 0.2) is 41.9 Å². The molecule has 1 aromatic heterocycles. The van der Waals surface area contributed by atoms with Gasteiger partial charge < -0.3 is 10.6 Å². The van der Waals surface area contributed by atoms with Crippen molar-refractivity contribution in [3.05, 3.63) is 53.4 Å². The minimum absolute atomic E-state index is 0.0569. The third kappa shape index (κ3) is 3.07. The Balaban J connectivity index is 2.00. The number of amides is 1. The molecule has 0 radical (unpaired) electrons. The van der Waals surface area contributed by atoms with Gasteiger partial charge in [-0.05, 0) is 30.9 Å². The van der Waals surface area contributed by atoms with Crippen molar-refractivity contribution in [3.8, 4) is 0 Å². The number of hydrogen-bond acceptors (Lipinski definition) is 4. The van der Waals surface area contributed by atoms with E-state index in [2.05, 4.69) is 4.98 Å². The molecule has 0 saturated heterocycles. The first kappa shape index (κ1) is 15.2. The molecule has 1 aliphatic heterocycles. The Morgan fingerprint density at radius 2 is 2.17 bits per heavy atom. The number of aromatic nitrogens is 1. The number of carbonyl (C=O) groups is 1. The summed E-state index contributed by atoms with van der Waals surface area (Å²) in [6.07, 6.45) is 7.88. The van der Waals surface area contributed by atoms with Crippen molar-refractivity contribution in [2.75, 3.05) is 6.54 Å². The van der Waals surface area contributed by atoms with Gasteiger partial charge in [-0.3, -0.25) is 9.78 Å². The van der Waals surface area contributed by atoms with Gasteiger partial charge in [0.2, 0.25) is 0 Å². The van der Waals surface area contributed by atoms with Gasteiger partial charge in [0, 0.05) is 24.5 Å². The number of halogens is 1. The molecule has 6 heteroatoms. The van der Waals surface area contributed by atoms with E-state index in [0.29, 0.717) is 17.2 Å². The first-order valence-corrected chi connectivity index (χ1v) is 7.45. The molecule has 23 heavy (non-hydrogen) atoms. The molecule has 1 amide bonds. The van der Waals surface area contributed by atoms with Crippen LogP contribution in [0.5, 0.6) is 0 Å². The fourth-order valence-corrected chi connectivity index (χ4v) is 2.75. The van der Waals surface area contributed by atoms with Gasteiger partial charge in [-0.15, -0.1) is 0 Å². The minimum atomic E-state index is -0.699. The lowest BCUT2D eigenvalue weighted by molar-refractivity contribution is -0.114. The van der Waals surface area contributed by atoms with E-state index < -0.39 is 11.7 Å². The van der Waals surface area contributed by atoms with Crippen LogP contribution in [0, 0.1) is 11.7 Å². The number of nitrogens with zero attached hydrogens (tertiary/aromatic N) is 2. The van der Waals surface area contributed by atoms with Gasteiger partial charge in [-0.2, -0.15) is 0 Å². The van der Waals surface area contributed by atoms with Crippen LogP contribution in [-0.2, 0) is 9.59 Å². The van der Waals surface area contributed by atoms with E-state index >= 15 is 0 Å².